The Morgan fingerprint density at radius 3 is 1.83 bits per heavy atom. The van der Waals surface area contributed by atoms with Crippen LogP contribution in [-0.2, 0) is 5.04 Å². The lowest BCUT2D eigenvalue weighted by Crippen LogP contribution is -2.69. The summed E-state index contributed by atoms with van der Waals surface area (Å²) in [5, 5.41) is 4.41. The summed E-state index contributed by atoms with van der Waals surface area (Å²) in [5.74, 6) is 0. The van der Waals surface area contributed by atoms with E-state index in [2.05, 4.69) is 169 Å². The fourth-order valence-corrected chi connectivity index (χ4v) is 22.5. The third-order valence-electron chi connectivity index (χ3n) is 10.4. The summed E-state index contributed by atoms with van der Waals surface area (Å²) in [6.07, 6.45) is 8.16. The first-order valence-electron chi connectivity index (χ1n) is 15.6. The first kappa shape index (κ1) is 32.0. The second-order valence-corrected chi connectivity index (χ2v) is 25.1. The molecule has 5 rings (SSSR count). The molecule has 4 aromatic rings. The Kier molecular flexibility index (Phi) is 9.10. The summed E-state index contributed by atoms with van der Waals surface area (Å²) in [7, 11) is -3.66. The van der Waals surface area contributed by atoms with E-state index >= 15 is 0 Å². The van der Waals surface area contributed by atoms with Crippen molar-refractivity contribution in [2.24, 2.45) is 0 Å². The molecule has 0 aliphatic carbocycles. The van der Waals surface area contributed by atoms with Gasteiger partial charge in [-0.1, -0.05) is 111 Å². The molecule has 0 saturated carbocycles. The highest BCUT2D eigenvalue weighted by Gasteiger charge is 2.58. The van der Waals surface area contributed by atoms with Gasteiger partial charge in [0.25, 0.3) is 0 Å². The monoisotopic (exact) mass is 596 g/mol. The molecule has 3 heterocycles. The summed E-state index contributed by atoms with van der Waals surface area (Å²) in [4.78, 5) is 8.99. The van der Waals surface area contributed by atoms with Crippen LogP contribution in [0.5, 0.6) is 0 Å². The van der Waals surface area contributed by atoms with Crippen LogP contribution in [0.2, 0.25) is 22.2 Å². The molecule has 0 atom stereocenters. The lowest BCUT2D eigenvalue weighted by Gasteiger charge is -2.54. The zero-order chi connectivity index (χ0) is 31.0. The number of imidazole rings is 2. The molecule has 42 heavy (non-hydrogen) atoms. The average Bonchev–Trinajstić information content (AvgIpc) is 3.60. The molecule has 2 aromatic carbocycles. The number of allylic oxidation sites excluding steroid dienone is 1. The summed E-state index contributed by atoms with van der Waals surface area (Å²) >= 11 is 0. The Morgan fingerprint density at radius 1 is 0.762 bits per heavy atom. The van der Waals surface area contributed by atoms with Crippen LogP contribution in [0.4, 0.5) is 0 Å². The van der Waals surface area contributed by atoms with Gasteiger partial charge in [-0.15, -0.1) is 6.58 Å². The molecule has 0 radical (unpaired) electrons. The van der Waals surface area contributed by atoms with E-state index in [0.29, 0.717) is 22.2 Å². The van der Waals surface area contributed by atoms with Crippen molar-refractivity contribution in [3.05, 3.63) is 97.0 Å². The Labute approximate surface area is 257 Å². The molecule has 224 valence electrons. The number of hydrogen-bond acceptors (Lipinski definition) is 2. The summed E-state index contributed by atoms with van der Waals surface area (Å²) in [6, 6.07) is 19.4. The van der Waals surface area contributed by atoms with E-state index in [1.165, 1.54) is 32.8 Å². The van der Waals surface area contributed by atoms with Crippen molar-refractivity contribution in [3.8, 4) is 11.4 Å². The zero-order valence-corrected chi connectivity index (χ0v) is 29.8. The first-order chi connectivity index (χ1) is 19.8. The number of fused-ring (bicyclic) bond motifs is 3. The Balaban J connectivity index is 0.000000193. The summed E-state index contributed by atoms with van der Waals surface area (Å²) in [5.41, 5.74) is 6.53. The molecular formula is C36H52N4Si2. The molecule has 0 saturated heterocycles. The van der Waals surface area contributed by atoms with Gasteiger partial charge >= 0.3 is 0 Å². The van der Waals surface area contributed by atoms with E-state index in [-0.39, 0.29) is 5.04 Å². The van der Waals surface area contributed by atoms with Gasteiger partial charge in [0, 0.05) is 34.4 Å². The largest absolute Gasteiger partial charge is 0.307 e. The lowest BCUT2D eigenvalue weighted by molar-refractivity contribution is 0.647. The van der Waals surface area contributed by atoms with Gasteiger partial charge in [0.15, 0.2) is 0 Å². The Morgan fingerprint density at radius 2 is 1.29 bits per heavy atom. The van der Waals surface area contributed by atoms with Gasteiger partial charge in [-0.05, 0) is 57.9 Å². The molecule has 0 N–H and O–H groups in total. The van der Waals surface area contributed by atoms with Crippen LogP contribution in [0.25, 0.3) is 11.4 Å². The molecule has 6 heteroatoms. The second-order valence-electron chi connectivity index (χ2n) is 13.9. The van der Waals surface area contributed by atoms with Crippen molar-refractivity contribution in [2.45, 2.75) is 103 Å². The quantitative estimate of drug-likeness (QED) is 0.200. The normalized spacial score (nSPS) is 15.4. The minimum Gasteiger partial charge on any atom is -0.307 e. The topological polar surface area (TPSA) is 35.6 Å². The van der Waals surface area contributed by atoms with Crippen molar-refractivity contribution >= 4 is 26.8 Å². The number of para-hydroxylation sites is 2. The van der Waals surface area contributed by atoms with Gasteiger partial charge in [-0.2, -0.15) is 0 Å². The lowest BCUT2D eigenvalue weighted by atomic mass is 9.99. The zero-order valence-electron chi connectivity index (χ0n) is 27.8. The maximum atomic E-state index is 4.53. The smallest absolute Gasteiger partial charge is 0.141 e. The number of rotatable bonds is 7. The van der Waals surface area contributed by atoms with Gasteiger partial charge in [-0.25, -0.2) is 9.97 Å². The van der Waals surface area contributed by atoms with Crippen LogP contribution < -0.4 is 10.6 Å². The van der Waals surface area contributed by atoms with Crippen LogP contribution in [0.1, 0.15) is 81.7 Å². The minimum atomic E-state index is -1.87. The summed E-state index contributed by atoms with van der Waals surface area (Å²) in [6.45, 7) is 30.5. The van der Waals surface area contributed by atoms with Crippen LogP contribution in [-0.4, -0.2) is 35.2 Å². The van der Waals surface area contributed by atoms with Crippen molar-refractivity contribution in [1.82, 2.24) is 19.1 Å². The highest BCUT2D eigenvalue weighted by atomic mass is 28.3. The predicted molar refractivity (Wildman–Crippen MR) is 186 cm³/mol. The van der Waals surface area contributed by atoms with Gasteiger partial charge in [-0.3, -0.25) is 0 Å². The highest BCUT2D eigenvalue weighted by Crippen LogP contribution is 2.50. The van der Waals surface area contributed by atoms with Crippen molar-refractivity contribution in [2.75, 3.05) is 0 Å². The van der Waals surface area contributed by atoms with Gasteiger partial charge < -0.3 is 9.13 Å². The van der Waals surface area contributed by atoms with E-state index in [9.17, 15) is 0 Å². The van der Waals surface area contributed by atoms with E-state index in [0.717, 1.165) is 0 Å². The Hall–Kier alpha value is -2.97. The van der Waals surface area contributed by atoms with Crippen molar-refractivity contribution < 1.29 is 0 Å². The van der Waals surface area contributed by atoms with Crippen LogP contribution in [0.15, 0.2) is 91.4 Å². The predicted octanol–water partition coefficient (Wildman–Crippen LogP) is 8.64. The number of benzene rings is 2. The highest BCUT2D eigenvalue weighted by molar-refractivity contribution is 6.99. The molecule has 0 unspecified atom stereocenters. The third-order valence-corrected chi connectivity index (χ3v) is 23.8. The molecule has 0 fully saturated rings. The average molecular weight is 597 g/mol. The van der Waals surface area contributed by atoms with Gasteiger partial charge in [0.1, 0.15) is 16.1 Å². The maximum absolute atomic E-state index is 4.53. The second kappa shape index (κ2) is 12.0. The van der Waals surface area contributed by atoms with E-state index in [1.54, 1.807) is 0 Å². The van der Waals surface area contributed by atoms with E-state index in [4.69, 9.17) is 0 Å². The van der Waals surface area contributed by atoms with E-state index in [1.807, 2.05) is 12.7 Å². The minimum absolute atomic E-state index is 0.210. The fourth-order valence-electron chi connectivity index (χ4n) is 9.11. The standard InChI is InChI=1S/2C18H26N2Si/c1-13(2)21(14(3)4)17-11-19-12-20(17)16-10-8-7-9-15(16)18(21,5)6;1-14(2)21(15(3)4,16(5)6)18-12-19-13-20(18)17-10-8-7-9-11-17/h7-14H,1-6H3;7-13,15-16H,1H2,2-6H3. The fraction of sp³-hybridized carbons (Fsp3) is 0.444. The number of hydrogen-bond donors (Lipinski definition) is 0. The van der Waals surface area contributed by atoms with Gasteiger partial charge in [0.05, 0.1) is 12.7 Å². The maximum Gasteiger partial charge on any atom is 0.141 e. The molecule has 1 aliphatic rings. The third kappa shape index (κ3) is 4.71. The molecule has 4 nitrogen and oxygen atoms in total. The molecule has 0 spiro atoms. The van der Waals surface area contributed by atoms with Crippen LogP contribution in [0.3, 0.4) is 0 Å². The van der Waals surface area contributed by atoms with Crippen LogP contribution >= 0.6 is 0 Å². The van der Waals surface area contributed by atoms with E-state index < -0.39 is 16.1 Å². The SMILES string of the molecule is C=C(C)[Si](c1cncn1-c1ccccc1)(C(C)C)C(C)C.CC(C)[Si]1(C(C)C)c2cncn2-c2ccccc2C1(C)C. The molecule has 1 aliphatic heterocycles. The first-order valence-corrected chi connectivity index (χ1v) is 19.9. The van der Waals surface area contributed by atoms with Crippen LogP contribution in [0, 0.1) is 0 Å². The Bertz CT molecular complexity index is 1490. The molecule has 0 amide bonds. The number of nitrogens with zero attached hydrogens (tertiary/aromatic N) is 4. The molecular weight excluding hydrogens is 545 g/mol. The van der Waals surface area contributed by atoms with Crippen molar-refractivity contribution in [1.29, 1.82) is 0 Å². The number of aromatic nitrogens is 4. The molecule has 0 bridgehead atoms. The molecule has 2 aromatic heterocycles. The van der Waals surface area contributed by atoms with Gasteiger partial charge in [0.2, 0.25) is 0 Å². The summed E-state index contributed by atoms with van der Waals surface area (Å²) < 4.78 is 4.63. The van der Waals surface area contributed by atoms with Crippen molar-refractivity contribution in [3.63, 3.8) is 0 Å².